The first kappa shape index (κ1) is 11.4. The number of aromatic nitrogens is 1. The molecule has 0 fully saturated rings. The average molecular weight is 247 g/mol. The minimum Gasteiger partial charge on any atom is -0.323 e. The number of rotatable bonds is 2. The van der Waals surface area contributed by atoms with Gasteiger partial charge in [0.05, 0.1) is 17.4 Å². The van der Waals surface area contributed by atoms with Gasteiger partial charge in [0, 0.05) is 10.9 Å². The van der Waals surface area contributed by atoms with Gasteiger partial charge in [0.2, 0.25) is 0 Å². The summed E-state index contributed by atoms with van der Waals surface area (Å²) >= 11 is 0. The zero-order chi connectivity index (χ0) is 13.1. The second kappa shape index (κ2) is 4.90. The van der Waals surface area contributed by atoms with Crippen molar-refractivity contribution in [2.75, 3.05) is 0 Å². The van der Waals surface area contributed by atoms with Crippen LogP contribution in [0.5, 0.6) is 0 Å². The zero-order valence-corrected chi connectivity index (χ0v) is 10.3. The lowest BCUT2D eigenvalue weighted by Crippen LogP contribution is -1.89. The number of hydrogen-bond donors (Lipinski definition) is 1. The van der Waals surface area contributed by atoms with Gasteiger partial charge in [-0.3, -0.25) is 0 Å². The van der Waals surface area contributed by atoms with E-state index >= 15 is 0 Å². The van der Waals surface area contributed by atoms with Crippen LogP contribution in [0.15, 0.2) is 65.8 Å². The molecule has 0 amide bonds. The highest BCUT2D eigenvalue weighted by molar-refractivity contribution is 5.89. The van der Waals surface area contributed by atoms with E-state index in [1.807, 2.05) is 42.5 Å². The number of nitrogens with two attached hydrogens (primary N) is 1. The zero-order valence-electron chi connectivity index (χ0n) is 10.3. The van der Waals surface area contributed by atoms with Crippen molar-refractivity contribution in [3.63, 3.8) is 0 Å². The van der Waals surface area contributed by atoms with E-state index in [1.165, 1.54) is 0 Å². The molecule has 0 saturated carbocycles. The van der Waals surface area contributed by atoms with Gasteiger partial charge in [-0.15, -0.1) is 0 Å². The number of benzene rings is 2. The van der Waals surface area contributed by atoms with E-state index in [4.69, 9.17) is 5.84 Å². The van der Waals surface area contributed by atoms with E-state index in [0.717, 1.165) is 27.7 Å². The summed E-state index contributed by atoms with van der Waals surface area (Å²) in [7, 11) is 0. The Balaban J connectivity index is 2.14. The number of hydrazone groups is 1. The SMILES string of the molecule is NN=Cc1ccc2ccc(-c3ccccc3)nc2c1. The van der Waals surface area contributed by atoms with Crippen molar-refractivity contribution in [2.24, 2.45) is 10.9 Å². The van der Waals surface area contributed by atoms with Crippen LogP contribution in [0.3, 0.4) is 0 Å². The van der Waals surface area contributed by atoms with Crippen LogP contribution in [0.4, 0.5) is 0 Å². The van der Waals surface area contributed by atoms with E-state index < -0.39 is 0 Å². The molecule has 19 heavy (non-hydrogen) atoms. The highest BCUT2D eigenvalue weighted by Crippen LogP contribution is 2.21. The molecule has 3 nitrogen and oxygen atoms in total. The van der Waals surface area contributed by atoms with Crippen LogP contribution in [0, 0.1) is 0 Å². The lowest BCUT2D eigenvalue weighted by molar-refractivity contribution is 1.26. The van der Waals surface area contributed by atoms with Gasteiger partial charge in [-0.2, -0.15) is 5.10 Å². The Labute approximate surface area is 111 Å². The molecule has 1 aromatic heterocycles. The maximum Gasteiger partial charge on any atom is 0.0716 e. The van der Waals surface area contributed by atoms with Crippen molar-refractivity contribution in [3.8, 4) is 11.3 Å². The topological polar surface area (TPSA) is 51.3 Å². The number of hydrogen-bond acceptors (Lipinski definition) is 3. The monoisotopic (exact) mass is 247 g/mol. The number of fused-ring (bicyclic) bond motifs is 1. The minimum atomic E-state index is 0.943. The Morgan fingerprint density at radius 2 is 1.74 bits per heavy atom. The Bertz CT molecular complexity index is 733. The fraction of sp³-hybridized carbons (Fsp3) is 0. The summed E-state index contributed by atoms with van der Waals surface area (Å²) in [6.45, 7) is 0. The molecule has 0 radical (unpaired) electrons. The Morgan fingerprint density at radius 3 is 2.53 bits per heavy atom. The largest absolute Gasteiger partial charge is 0.323 e. The lowest BCUT2D eigenvalue weighted by Gasteiger charge is -2.04. The molecule has 0 saturated heterocycles. The minimum absolute atomic E-state index is 0.943. The van der Waals surface area contributed by atoms with Crippen molar-refractivity contribution < 1.29 is 0 Å². The van der Waals surface area contributed by atoms with Crippen molar-refractivity contribution in [1.82, 2.24) is 4.98 Å². The second-order valence-corrected chi connectivity index (χ2v) is 4.29. The predicted molar refractivity (Wildman–Crippen MR) is 79.0 cm³/mol. The number of pyridine rings is 1. The van der Waals surface area contributed by atoms with Crippen LogP contribution in [0.1, 0.15) is 5.56 Å². The Kier molecular flexibility index (Phi) is 2.94. The normalized spacial score (nSPS) is 11.2. The molecule has 0 spiro atoms. The smallest absolute Gasteiger partial charge is 0.0716 e. The van der Waals surface area contributed by atoms with E-state index in [-0.39, 0.29) is 0 Å². The summed E-state index contributed by atoms with van der Waals surface area (Å²) in [4.78, 5) is 4.69. The van der Waals surface area contributed by atoms with Crippen LogP contribution in [0.2, 0.25) is 0 Å². The fourth-order valence-electron chi connectivity index (χ4n) is 2.07. The van der Waals surface area contributed by atoms with Crippen LogP contribution in [-0.2, 0) is 0 Å². The van der Waals surface area contributed by atoms with Gasteiger partial charge in [-0.05, 0) is 17.7 Å². The van der Waals surface area contributed by atoms with Gasteiger partial charge in [-0.1, -0.05) is 48.5 Å². The van der Waals surface area contributed by atoms with Gasteiger partial charge < -0.3 is 5.84 Å². The molecule has 3 heteroatoms. The van der Waals surface area contributed by atoms with Crippen molar-refractivity contribution in [3.05, 3.63) is 66.2 Å². The van der Waals surface area contributed by atoms with Gasteiger partial charge >= 0.3 is 0 Å². The van der Waals surface area contributed by atoms with E-state index in [1.54, 1.807) is 6.21 Å². The summed E-state index contributed by atoms with van der Waals surface area (Å²) in [5, 5.41) is 4.65. The molecule has 0 unspecified atom stereocenters. The Hall–Kier alpha value is -2.68. The third-order valence-corrected chi connectivity index (χ3v) is 3.01. The molecular formula is C16H13N3. The van der Waals surface area contributed by atoms with Gasteiger partial charge in [0.25, 0.3) is 0 Å². The highest BCUT2D eigenvalue weighted by atomic mass is 15.1. The van der Waals surface area contributed by atoms with E-state index in [0.29, 0.717) is 0 Å². The summed E-state index contributed by atoms with van der Waals surface area (Å²) in [6, 6.07) is 20.2. The first-order valence-corrected chi connectivity index (χ1v) is 6.06. The maximum absolute atomic E-state index is 5.17. The standard InChI is InChI=1S/C16H13N3/c17-18-11-12-6-7-14-8-9-15(19-16(14)10-12)13-4-2-1-3-5-13/h1-11H,17H2. The lowest BCUT2D eigenvalue weighted by atomic mass is 10.1. The molecule has 92 valence electrons. The van der Waals surface area contributed by atoms with Crippen molar-refractivity contribution >= 4 is 17.1 Å². The molecule has 2 aromatic carbocycles. The summed E-state index contributed by atoms with van der Waals surface area (Å²) < 4.78 is 0. The third-order valence-electron chi connectivity index (χ3n) is 3.01. The third kappa shape index (κ3) is 2.31. The molecule has 0 bridgehead atoms. The molecule has 0 aliphatic heterocycles. The predicted octanol–water partition coefficient (Wildman–Crippen LogP) is 3.19. The average Bonchev–Trinajstić information content (AvgIpc) is 2.48. The first-order chi connectivity index (χ1) is 9.36. The van der Waals surface area contributed by atoms with Crippen LogP contribution in [-0.4, -0.2) is 11.2 Å². The summed E-state index contributed by atoms with van der Waals surface area (Å²) in [5.41, 5.74) is 3.98. The first-order valence-electron chi connectivity index (χ1n) is 6.06. The van der Waals surface area contributed by atoms with Gasteiger partial charge in [-0.25, -0.2) is 4.98 Å². The summed E-state index contributed by atoms with van der Waals surface area (Å²) in [6.07, 6.45) is 1.62. The molecular weight excluding hydrogens is 234 g/mol. The second-order valence-electron chi connectivity index (χ2n) is 4.29. The van der Waals surface area contributed by atoms with Crippen molar-refractivity contribution in [1.29, 1.82) is 0 Å². The van der Waals surface area contributed by atoms with Gasteiger partial charge in [0.1, 0.15) is 0 Å². The van der Waals surface area contributed by atoms with Gasteiger partial charge in [0.15, 0.2) is 0 Å². The van der Waals surface area contributed by atoms with E-state index in [9.17, 15) is 0 Å². The molecule has 2 N–H and O–H groups in total. The highest BCUT2D eigenvalue weighted by Gasteiger charge is 2.01. The molecule has 3 rings (SSSR count). The van der Waals surface area contributed by atoms with Crippen LogP contribution in [0.25, 0.3) is 22.2 Å². The van der Waals surface area contributed by atoms with Crippen LogP contribution >= 0.6 is 0 Å². The van der Waals surface area contributed by atoms with Crippen molar-refractivity contribution in [2.45, 2.75) is 0 Å². The van der Waals surface area contributed by atoms with Crippen LogP contribution < -0.4 is 5.84 Å². The molecule has 3 aromatic rings. The Morgan fingerprint density at radius 1 is 0.947 bits per heavy atom. The van der Waals surface area contributed by atoms with E-state index in [2.05, 4.69) is 28.3 Å². The maximum atomic E-state index is 5.17. The number of nitrogens with zero attached hydrogens (tertiary/aromatic N) is 2. The molecule has 0 aliphatic carbocycles. The fourth-order valence-corrected chi connectivity index (χ4v) is 2.07. The molecule has 0 aliphatic rings. The quantitative estimate of drug-likeness (QED) is 0.429. The molecule has 0 atom stereocenters. The molecule has 1 heterocycles. The summed E-state index contributed by atoms with van der Waals surface area (Å²) in [5.74, 6) is 5.17.